The second-order valence-corrected chi connectivity index (χ2v) is 5.31. The molecule has 1 unspecified atom stereocenters. The van der Waals surface area contributed by atoms with E-state index in [9.17, 15) is 9.59 Å². The van der Waals surface area contributed by atoms with Crippen LogP contribution >= 0.6 is 0 Å². The number of carbonyl (C=O) groups is 2. The van der Waals surface area contributed by atoms with Crippen LogP contribution in [-0.4, -0.2) is 73.8 Å². The van der Waals surface area contributed by atoms with E-state index in [0.29, 0.717) is 13.0 Å². The van der Waals surface area contributed by atoms with Gasteiger partial charge in [-0.2, -0.15) is 0 Å². The molecule has 0 saturated carbocycles. The summed E-state index contributed by atoms with van der Waals surface area (Å²) in [5.74, 6) is -0.220. The van der Waals surface area contributed by atoms with Gasteiger partial charge < -0.3 is 20.9 Å². The van der Waals surface area contributed by atoms with Gasteiger partial charge >= 0.3 is 0 Å². The Hall–Kier alpha value is -0.980. The molecule has 0 aromatic rings. The van der Waals surface area contributed by atoms with E-state index in [1.54, 1.807) is 6.92 Å². The number of ketones is 1. The molecule has 0 bridgehead atoms. The summed E-state index contributed by atoms with van der Waals surface area (Å²) in [5, 5.41) is 2.81. The Morgan fingerprint density at radius 2 is 1.71 bits per heavy atom. The fourth-order valence-corrected chi connectivity index (χ4v) is 2.00. The van der Waals surface area contributed by atoms with Crippen LogP contribution in [-0.2, 0) is 9.59 Å². The highest BCUT2D eigenvalue weighted by molar-refractivity contribution is 5.89. The first-order valence-corrected chi connectivity index (χ1v) is 7.90. The van der Waals surface area contributed by atoms with Crippen LogP contribution in [0.15, 0.2) is 0 Å². The zero-order valence-corrected chi connectivity index (χ0v) is 14.0. The fraction of sp³-hybridized carbons (Fsp3) is 0.867. The zero-order chi connectivity index (χ0) is 16.3. The number of likely N-dealkylation sites (N-methyl/N-ethyl adjacent to an activating group) is 2. The third-order valence-corrected chi connectivity index (χ3v) is 3.68. The van der Waals surface area contributed by atoms with Crippen LogP contribution in [0.3, 0.4) is 0 Å². The number of hydrogen-bond acceptors (Lipinski definition) is 5. The Balaban J connectivity index is 3.77. The summed E-state index contributed by atoms with van der Waals surface area (Å²) in [6, 6.07) is -0.671. The predicted molar refractivity (Wildman–Crippen MR) is 86.2 cm³/mol. The standard InChI is InChI=1S/C15H32N4O2/c1-5-14(20)13(16)12-15(21)17-8-9-18(4)10-11-19(6-2)7-3/h13H,5-12,16H2,1-4H3,(H,17,21). The van der Waals surface area contributed by atoms with Gasteiger partial charge in [0.05, 0.1) is 6.04 Å². The highest BCUT2D eigenvalue weighted by Gasteiger charge is 2.15. The molecule has 124 valence electrons. The number of Topliss-reactive ketones (excluding diaryl/α,β-unsaturated/α-hetero) is 1. The fourth-order valence-electron chi connectivity index (χ4n) is 2.00. The van der Waals surface area contributed by atoms with Gasteiger partial charge in [-0.15, -0.1) is 0 Å². The van der Waals surface area contributed by atoms with E-state index in [-0.39, 0.29) is 18.1 Å². The molecule has 0 fully saturated rings. The van der Waals surface area contributed by atoms with Gasteiger partial charge in [0.15, 0.2) is 0 Å². The number of nitrogens with one attached hydrogen (secondary N) is 1. The SMILES string of the molecule is CCC(=O)C(N)CC(=O)NCCN(C)CCN(CC)CC. The molecule has 3 N–H and O–H groups in total. The molecular formula is C15H32N4O2. The van der Waals surface area contributed by atoms with Crippen LogP contribution < -0.4 is 11.1 Å². The molecule has 0 aliphatic heterocycles. The molecule has 0 aliphatic rings. The van der Waals surface area contributed by atoms with Crippen LogP contribution in [0.4, 0.5) is 0 Å². The lowest BCUT2D eigenvalue weighted by atomic mass is 10.1. The number of rotatable bonds is 12. The smallest absolute Gasteiger partial charge is 0.222 e. The predicted octanol–water partition coefficient (Wildman–Crippen LogP) is 0.0727. The number of carbonyl (C=O) groups excluding carboxylic acids is 2. The van der Waals surface area contributed by atoms with Crippen molar-refractivity contribution in [3.8, 4) is 0 Å². The topological polar surface area (TPSA) is 78.7 Å². The minimum atomic E-state index is -0.671. The number of hydrogen-bond donors (Lipinski definition) is 2. The van der Waals surface area contributed by atoms with Crippen molar-refractivity contribution in [3.05, 3.63) is 0 Å². The van der Waals surface area contributed by atoms with Crippen LogP contribution in [0, 0.1) is 0 Å². The monoisotopic (exact) mass is 300 g/mol. The van der Waals surface area contributed by atoms with Gasteiger partial charge in [-0.05, 0) is 20.1 Å². The van der Waals surface area contributed by atoms with E-state index in [4.69, 9.17) is 5.73 Å². The Morgan fingerprint density at radius 1 is 1.10 bits per heavy atom. The van der Waals surface area contributed by atoms with Crippen molar-refractivity contribution in [3.63, 3.8) is 0 Å². The van der Waals surface area contributed by atoms with Gasteiger partial charge in [-0.1, -0.05) is 20.8 Å². The first kappa shape index (κ1) is 20.0. The molecule has 0 spiro atoms. The molecule has 0 rings (SSSR count). The molecule has 6 nitrogen and oxygen atoms in total. The molecule has 6 heteroatoms. The number of amides is 1. The molecule has 1 amide bonds. The molecule has 21 heavy (non-hydrogen) atoms. The van der Waals surface area contributed by atoms with Crippen molar-refractivity contribution in [1.82, 2.24) is 15.1 Å². The quantitative estimate of drug-likeness (QED) is 0.533. The van der Waals surface area contributed by atoms with Crippen molar-refractivity contribution in [2.24, 2.45) is 5.73 Å². The third kappa shape index (κ3) is 9.55. The van der Waals surface area contributed by atoms with Crippen molar-refractivity contribution in [1.29, 1.82) is 0 Å². The van der Waals surface area contributed by atoms with Gasteiger partial charge in [0.1, 0.15) is 5.78 Å². The largest absolute Gasteiger partial charge is 0.355 e. The normalized spacial score (nSPS) is 12.7. The first-order chi connectivity index (χ1) is 9.94. The minimum Gasteiger partial charge on any atom is -0.355 e. The van der Waals surface area contributed by atoms with Crippen LogP contribution in [0.2, 0.25) is 0 Å². The van der Waals surface area contributed by atoms with Crippen molar-refractivity contribution >= 4 is 11.7 Å². The molecule has 0 saturated heterocycles. The number of nitrogens with zero attached hydrogens (tertiary/aromatic N) is 2. The van der Waals surface area contributed by atoms with Crippen LogP contribution in [0.5, 0.6) is 0 Å². The number of nitrogens with two attached hydrogens (primary N) is 1. The van der Waals surface area contributed by atoms with Gasteiger partial charge in [-0.25, -0.2) is 0 Å². The third-order valence-electron chi connectivity index (χ3n) is 3.68. The summed E-state index contributed by atoms with van der Waals surface area (Å²) >= 11 is 0. The molecular weight excluding hydrogens is 268 g/mol. The van der Waals surface area contributed by atoms with Crippen molar-refractivity contribution in [2.75, 3.05) is 46.3 Å². The molecule has 0 aromatic carbocycles. The maximum atomic E-state index is 11.6. The Labute approximate surface area is 129 Å². The minimum absolute atomic E-state index is 0.0681. The Kier molecular flexibility index (Phi) is 11.1. The van der Waals surface area contributed by atoms with Gasteiger partial charge in [0.2, 0.25) is 5.91 Å². The van der Waals surface area contributed by atoms with Gasteiger partial charge in [0.25, 0.3) is 0 Å². The summed E-state index contributed by atoms with van der Waals surface area (Å²) in [5.41, 5.74) is 5.65. The second kappa shape index (κ2) is 11.7. The highest BCUT2D eigenvalue weighted by Crippen LogP contribution is 1.94. The molecule has 0 aliphatic carbocycles. The van der Waals surface area contributed by atoms with Gasteiger partial charge in [-0.3, -0.25) is 9.59 Å². The van der Waals surface area contributed by atoms with E-state index >= 15 is 0 Å². The zero-order valence-electron chi connectivity index (χ0n) is 14.0. The molecule has 1 atom stereocenters. The van der Waals surface area contributed by atoms with E-state index in [1.807, 2.05) is 7.05 Å². The van der Waals surface area contributed by atoms with Gasteiger partial charge in [0, 0.05) is 39.0 Å². The Morgan fingerprint density at radius 3 is 2.24 bits per heavy atom. The lowest BCUT2D eigenvalue weighted by Gasteiger charge is -2.23. The van der Waals surface area contributed by atoms with Crippen molar-refractivity contribution < 1.29 is 9.59 Å². The average molecular weight is 300 g/mol. The lowest BCUT2D eigenvalue weighted by Crippen LogP contribution is -2.40. The van der Waals surface area contributed by atoms with E-state index in [1.165, 1.54) is 0 Å². The molecule has 0 radical (unpaired) electrons. The molecule has 0 aromatic heterocycles. The summed E-state index contributed by atoms with van der Waals surface area (Å²) in [6.45, 7) is 11.6. The highest BCUT2D eigenvalue weighted by atomic mass is 16.2. The van der Waals surface area contributed by atoms with Crippen LogP contribution in [0.25, 0.3) is 0 Å². The maximum absolute atomic E-state index is 11.6. The first-order valence-electron chi connectivity index (χ1n) is 7.90. The van der Waals surface area contributed by atoms with Crippen LogP contribution in [0.1, 0.15) is 33.6 Å². The average Bonchev–Trinajstić information content (AvgIpc) is 2.47. The maximum Gasteiger partial charge on any atom is 0.222 e. The summed E-state index contributed by atoms with van der Waals surface area (Å²) in [4.78, 5) is 27.5. The lowest BCUT2D eigenvalue weighted by molar-refractivity contribution is -0.126. The summed E-state index contributed by atoms with van der Waals surface area (Å²) < 4.78 is 0. The summed E-state index contributed by atoms with van der Waals surface area (Å²) in [7, 11) is 2.04. The van der Waals surface area contributed by atoms with E-state index < -0.39 is 6.04 Å². The van der Waals surface area contributed by atoms with E-state index in [0.717, 1.165) is 32.7 Å². The Bertz CT molecular complexity index is 306. The second-order valence-electron chi connectivity index (χ2n) is 5.31. The van der Waals surface area contributed by atoms with E-state index in [2.05, 4.69) is 29.0 Å². The molecule has 0 heterocycles. The van der Waals surface area contributed by atoms with Crippen molar-refractivity contribution in [2.45, 2.75) is 39.7 Å². The summed E-state index contributed by atoms with van der Waals surface area (Å²) in [6.07, 6.45) is 0.457.